The predicted octanol–water partition coefficient (Wildman–Crippen LogP) is 1.96. The molecular formula is C15H16FN5OS. The highest BCUT2D eigenvalue weighted by molar-refractivity contribution is 7.20. The van der Waals surface area contributed by atoms with E-state index in [1.165, 1.54) is 34.2 Å². The minimum Gasteiger partial charge on any atom is -0.356 e. The van der Waals surface area contributed by atoms with Crippen LogP contribution in [0, 0.1) is 5.82 Å². The third-order valence-corrected chi connectivity index (χ3v) is 4.09. The van der Waals surface area contributed by atoms with Crippen molar-refractivity contribution >= 4 is 21.4 Å². The summed E-state index contributed by atoms with van der Waals surface area (Å²) in [6, 6.07) is 6.41. The molecule has 0 aliphatic rings. The highest BCUT2D eigenvalue weighted by atomic mass is 32.1. The number of halogens is 1. The smallest absolute Gasteiger partial charge is 0.275 e. The Bertz CT molecular complexity index is 889. The molecule has 0 saturated heterocycles. The summed E-state index contributed by atoms with van der Waals surface area (Å²) in [5.41, 5.74) is 1.38. The van der Waals surface area contributed by atoms with Gasteiger partial charge in [-0.05, 0) is 31.8 Å². The summed E-state index contributed by atoms with van der Waals surface area (Å²) in [6.07, 6.45) is 1.47. The highest BCUT2D eigenvalue weighted by Gasteiger charge is 2.08. The lowest BCUT2D eigenvalue weighted by Gasteiger charge is -2.12. The zero-order chi connectivity index (χ0) is 16.4. The second-order valence-electron chi connectivity index (χ2n) is 5.40. The van der Waals surface area contributed by atoms with Gasteiger partial charge >= 0.3 is 0 Å². The Morgan fingerprint density at radius 2 is 2.17 bits per heavy atom. The molecule has 2 heterocycles. The molecule has 2 aromatic heterocycles. The quantitative estimate of drug-likeness (QED) is 0.773. The maximum absolute atomic E-state index is 13.8. The van der Waals surface area contributed by atoms with Gasteiger partial charge in [0.25, 0.3) is 5.56 Å². The fourth-order valence-electron chi connectivity index (χ4n) is 2.19. The summed E-state index contributed by atoms with van der Waals surface area (Å²) in [7, 11) is 3.80. The van der Waals surface area contributed by atoms with Crippen molar-refractivity contribution in [2.45, 2.75) is 13.1 Å². The third-order valence-electron chi connectivity index (χ3n) is 3.21. The van der Waals surface area contributed by atoms with Gasteiger partial charge in [0.15, 0.2) is 0 Å². The van der Waals surface area contributed by atoms with Crippen molar-refractivity contribution < 1.29 is 4.39 Å². The van der Waals surface area contributed by atoms with Gasteiger partial charge in [0.05, 0.1) is 0 Å². The first kappa shape index (κ1) is 15.6. The Labute approximate surface area is 136 Å². The molecule has 8 heteroatoms. The van der Waals surface area contributed by atoms with Gasteiger partial charge in [0.2, 0.25) is 10.1 Å². The van der Waals surface area contributed by atoms with Crippen LogP contribution in [0.15, 0.2) is 35.3 Å². The number of nitrogens with zero attached hydrogens (tertiary/aromatic N) is 4. The molecule has 23 heavy (non-hydrogen) atoms. The second kappa shape index (κ2) is 6.43. The molecule has 3 aromatic rings. The van der Waals surface area contributed by atoms with Crippen molar-refractivity contribution in [1.29, 1.82) is 0 Å². The van der Waals surface area contributed by atoms with Crippen LogP contribution in [-0.4, -0.2) is 33.6 Å². The molecule has 0 bridgehead atoms. The standard InChI is InChI=1S/C15H16FN5OS/c1-20(2)9-11-7-10(3-4-12(11)16)8-18-14-19-21-13(22)5-6-17-15(21)23-14/h3-7H,8-9H2,1-2H3,(H,18,19). The molecule has 3 rings (SSSR count). The summed E-state index contributed by atoms with van der Waals surface area (Å²) in [6.45, 7) is 1.04. The molecule has 0 saturated carbocycles. The zero-order valence-corrected chi connectivity index (χ0v) is 13.6. The van der Waals surface area contributed by atoms with E-state index in [0.717, 1.165) is 5.56 Å². The third kappa shape index (κ3) is 3.54. The molecule has 120 valence electrons. The van der Waals surface area contributed by atoms with E-state index in [1.54, 1.807) is 6.07 Å². The highest BCUT2D eigenvalue weighted by Crippen LogP contribution is 2.18. The van der Waals surface area contributed by atoms with Crippen LogP contribution in [0.25, 0.3) is 4.96 Å². The van der Waals surface area contributed by atoms with E-state index in [1.807, 2.05) is 25.1 Å². The number of aromatic nitrogens is 3. The molecule has 1 aromatic carbocycles. The van der Waals surface area contributed by atoms with Crippen LogP contribution in [0.1, 0.15) is 11.1 Å². The maximum atomic E-state index is 13.8. The first-order valence-electron chi connectivity index (χ1n) is 7.04. The Kier molecular flexibility index (Phi) is 4.35. The summed E-state index contributed by atoms with van der Waals surface area (Å²) < 4.78 is 15.0. The van der Waals surface area contributed by atoms with Crippen molar-refractivity contribution in [3.63, 3.8) is 0 Å². The predicted molar refractivity (Wildman–Crippen MR) is 88.3 cm³/mol. The first-order valence-corrected chi connectivity index (χ1v) is 7.85. The lowest BCUT2D eigenvalue weighted by Crippen LogP contribution is -2.13. The molecule has 1 N–H and O–H groups in total. The Balaban J connectivity index is 1.77. The van der Waals surface area contributed by atoms with Gasteiger partial charge in [0.1, 0.15) is 5.82 Å². The maximum Gasteiger partial charge on any atom is 0.275 e. The second-order valence-corrected chi connectivity index (χ2v) is 6.36. The molecule has 0 amide bonds. The van der Waals surface area contributed by atoms with E-state index in [2.05, 4.69) is 15.4 Å². The van der Waals surface area contributed by atoms with Crippen molar-refractivity contribution in [2.24, 2.45) is 0 Å². The molecule has 0 fully saturated rings. The van der Waals surface area contributed by atoms with Gasteiger partial charge < -0.3 is 10.2 Å². The normalized spacial score (nSPS) is 11.3. The van der Waals surface area contributed by atoms with Gasteiger partial charge in [0, 0.05) is 30.9 Å². The van der Waals surface area contributed by atoms with E-state index in [0.29, 0.717) is 28.7 Å². The fourth-order valence-corrected chi connectivity index (χ4v) is 2.96. The summed E-state index contributed by atoms with van der Waals surface area (Å²) in [4.78, 5) is 18.2. The summed E-state index contributed by atoms with van der Waals surface area (Å²) in [5, 5.41) is 7.93. The molecular weight excluding hydrogens is 317 g/mol. The Morgan fingerprint density at radius 1 is 1.35 bits per heavy atom. The molecule has 0 unspecified atom stereocenters. The molecule has 6 nitrogen and oxygen atoms in total. The van der Waals surface area contributed by atoms with Crippen LogP contribution < -0.4 is 10.9 Å². The number of benzene rings is 1. The number of anilines is 1. The molecule has 0 aliphatic heterocycles. The van der Waals surface area contributed by atoms with Crippen LogP contribution >= 0.6 is 11.3 Å². The molecule has 0 aliphatic carbocycles. The number of hydrogen-bond acceptors (Lipinski definition) is 6. The van der Waals surface area contributed by atoms with Gasteiger partial charge in [-0.1, -0.05) is 17.4 Å². The summed E-state index contributed by atoms with van der Waals surface area (Å²) in [5.74, 6) is -0.210. The Hall–Kier alpha value is -2.32. The van der Waals surface area contributed by atoms with Crippen LogP contribution in [0.2, 0.25) is 0 Å². The van der Waals surface area contributed by atoms with Gasteiger partial charge in [-0.15, -0.1) is 5.10 Å². The number of rotatable bonds is 5. The van der Waals surface area contributed by atoms with Crippen LogP contribution in [0.5, 0.6) is 0 Å². The number of nitrogens with one attached hydrogen (secondary N) is 1. The molecule has 0 atom stereocenters. The minimum atomic E-state index is -0.214. The average molecular weight is 333 g/mol. The van der Waals surface area contributed by atoms with Crippen LogP contribution in [0.3, 0.4) is 0 Å². The first-order chi connectivity index (χ1) is 11.0. The van der Waals surface area contributed by atoms with E-state index in [-0.39, 0.29) is 11.4 Å². The lowest BCUT2D eigenvalue weighted by atomic mass is 10.1. The van der Waals surface area contributed by atoms with E-state index in [9.17, 15) is 9.18 Å². The van der Waals surface area contributed by atoms with Crippen molar-refractivity contribution in [3.05, 3.63) is 57.8 Å². The SMILES string of the molecule is CN(C)Cc1cc(CNc2nn3c(=O)ccnc3s2)ccc1F. The van der Waals surface area contributed by atoms with E-state index in [4.69, 9.17) is 0 Å². The number of hydrogen-bond donors (Lipinski definition) is 1. The minimum absolute atomic E-state index is 0.210. The fraction of sp³-hybridized carbons (Fsp3) is 0.267. The van der Waals surface area contributed by atoms with E-state index >= 15 is 0 Å². The van der Waals surface area contributed by atoms with Gasteiger partial charge in [-0.3, -0.25) is 4.79 Å². The van der Waals surface area contributed by atoms with Crippen molar-refractivity contribution in [3.8, 4) is 0 Å². The van der Waals surface area contributed by atoms with Gasteiger partial charge in [-0.25, -0.2) is 9.37 Å². The largest absolute Gasteiger partial charge is 0.356 e. The average Bonchev–Trinajstić information content (AvgIpc) is 2.92. The number of fused-ring (bicyclic) bond motifs is 1. The molecule has 0 radical (unpaired) electrons. The Morgan fingerprint density at radius 3 is 2.91 bits per heavy atom. The van der Waals surface area contributed by atoms with Gasteiger partial charge in [-0.2, -0.15) is 4.52 Å². The summed E-state index contributed by atoms with van der Waals surface area (Å²) >= 11 is 1.30. The van der Waals surface area contributed by atoms with Crippen molar-refractivity contribution in [1.82, 2.24) is 19.5 Å². The lowest BCUT2D eigenvalue weighted by molar-refractivity contribution is 0.392. The van der Waals surface area contributed by atoms with Crippen LogP contribution in [0.4, 0.5) is 9.52 Å². The van der Waals surface area contributed by atoms with Crippen molar-refractivity contribution in [2.75, 3.05) is 19.4 Å². The van der Waals surface area contributed by atoms with E-state index < -0.39 is 0 Å². The monoisotopic (exact) mass is 333 g/mol. The zero-order valence-electron chi connectivity index (χ0n) is 12.8. The van der Waals surface area contributed by atoms with Crippen LogP contribution in [-0.2, 0) is 13.1 Å². The topological polar surface area (TPSA) is 62.5 Å². The molecule has 0 spiro atoms.